The lowest BCUT2D eigenvalue weighted by Gasteiger charge is -2.51. The van der Waals surface area contributed by atoms with Gasteiger partial charge in [-0.05, 0) is 87.9 Å². The molecule has 0 aromatic rings. The molecule has 0 bridgehead atoms. The third-order valence-electron chi connectivity index (χ3n) is 8.50. The predicted octanol–water partition coefficient (Wildman–Crippen LogP) is 5.98. The molecule has 0 radical (unpaired) electrons. The van der Waals surface area contributed by atoms with Gasteiger partial charge in [-0.1, -0.05) is 34.3 Å². The standard InChI is InChI=1S/C25H43NO2/c1-6-25(27)28-24-13-11-21(12-14-24)26(22-9-7-17(2)19(4)15-22)23-10-8-18(3)20(5)16-23/h6,17-24H,1,7-16H2,2-5H3. The molecule has 160 valence electrons. The van der Waals surface area contributed by atoms with Crippen LogP contribution in [0.25, 0.3) is 0 Å². The SMILES string of the molecule is C=CC(=O)OC1CCC(N(C2CCC(C)C(C)C2)C2CCC(C)C(C)C2)CC1. The first kappa shape index (κ1) is 21.9. The lowest BCUT2D eigenvalue weighted by atomic mass is 9.74. The van der Waals surface area contributed by atoms with Gasteiger partial charge in [-0.25, -0.2) is 4.79 Å². The molecule has 3 nitrogen and oxygen atoms in total. The van der Waals surface area contributed by atoms with Gasteiger partial charge in [0.05, 0.1) is 0 Å². The summed E-state index contributed by atoms with van der Waals surface area (Å²) < 4.78 is 5.55. The Morgan fingerprint density at radius 2 is 1.21 bits per heavy atom. The molecule has 0 saturated heterocycles. The van der Waals surface area contributed by atoms with E-state index in [9.17, 15) is 4.79 Å². The van der Waals surface area contributed by atoms with Crippen LogP contribution >= 0.6 is 0 Å². The minimum atomic E-state index is -0.259. The molecular formula is C25H43NO2. The predicted molar refractivity (Wildman–Crippen MR) is 116 cm³/mol. The molecule has 0 heterocycles. The van der Waals surface area contributed by atoms with E-state index in [4.69, 9.17) is 4.74 Å². The molecule has 3 aliphatic rings. The number of esters is 1. The molecule has 3 saturated carbocycles. The fourth-order valence-corrected chi connectivity index (χ4v) is 6.15. The van der Waals surface area contributed by atoms with E-state index in [-0.39, 0.29) is 12.1 Å². The van der Waals surface area contributed by atoms with E-state index in [1.54, 1.807) is 0 Å². The summed E-state index contributed by atoms with van der Waals surface area (Å²) in [6, 6.07) is 2.19. The maximum Gasteiger partial charge on any atom is 0.330 e. The molecule has 0 aromatic heterocycles. The average Bonchev–Trinajstić information content (AvgIpc) is 2.68. The summed E-state index contributed by atoms with van der Waals surface area (Å²) in [4.78, 5) is 14.6. The zero-order valence-corrected chi connectivity index (χ0v) is 18.7. The molecule has 0 aromatic carbocycles. The topological polar surface area (TPSA) is 29.5 Å². The number of carbonyl (C=O) groups is 1. The monoisotopic (exact) mass is 389 g/mol. The van der Waals surface area contributed by atoms with Crippen molar-refractivity contribution in [2.45, 2.75) is 116 Å². The number of hydrogen-bond acceptors (Lipinski definition) is 3. The fourth-order valence-electron chi connectivity index (χ4n) is 6.15. The summed E-state index contributed by atoms with van der Waals surface area (Å²) in [5.74, 6) is 3.16. The van der Waals surface area contributed by atoms with Crippen molar-refractivity contribution in [3.8, 4) is 0 Å². The minimum absolute atomic E-state index is 0.0965. The van der Waals surface area contributed by atoms with Gasteiger partial charge >= 0.3 is 5.97 Å². The Balaban J connectivity index is 1.68. The van der Waals surface area contributed by atoms with Gasteiger partial charge in [-0.2, -0.15) is 0 Å². The van der Waals surface area contributed by atoms with E-state index in [0.717, 1.165) is 48.6 Å². The van der Waals surface area contributed by atoms with Crippen molar-refractivity contribution in [2.24, 2.45) is 23.7 Å². The summed E-state index contributed by atoms with van der Waals surface area (Å²) in [7, 11) is 0. The Hall–Kier alpha value is -0.830. The van der Waals surface area contributed by atoms with Gasteiger partial charge in [0, 0.05) is 24.2 Å². The molecule has 3 aliphatic carbocycles. The van der Waals surface area contributed by atoms with Crippen LogP contribution in [-0.2, 0) is 9.53 Å². The van der Waals surface area contributed by atoms with Gasteiger partial charge in [0.25, 0.3) is 0 Å². The number of rotatable bonds is 5. The Morgan fingerprint density at radius 3 is 1.64 bits per heavy atom. The highest BCUT2D eigenvalue weighted by atomic mass is 16.5. The first-order chi connectivity index (χ1) is 13.4. The molecule has 0 spiro atoms. The third kappa shape index (κ3) is 5.20. The van der Waals surface area contributed by atoms with Gasteiger partial charge in [0.15, 0.2) is 0 Å². The Bertz CT molecular complexity index is 499. The van der Waals surface area contributed by atoms with Gasteiger partial charge in [0.2, 0.25) is 0 Å². The molecule has 28 heavy (non-hydrogen) atoms. The van der Waals surface area contributed by atoms with Gasteiger partial charge in [0.1, 0.15) is 6.10 Å². The average molecular weight is 390 g/mol. The summed E-state index contributed by atoms with van der Waals surface area (Å²) in [6.45, 7) is 13.3. The van der Waals surface area contributed by atoms with Crippen molar-refractivity contribution in [2.75, 3.05) is 0 Å². The largest absolute Gasteiger partial charge is 0.459 e. The van der Waals surface area contributed by atoms with Crippen molar-refractivity contribution in [3.63, 3.8) is 0 Å². The van der Waals surface area contributed by atoms with Crippen LogP contribution in [0.1, 0.15) is 91.9 Å². The van der Waals surface area contributed by atoms with E-state index >= 15 is 0 Å². The molecule has 0 N–H and O–H groups in total. The summed E-state index contributed by atoms with van der Waals surface area (Å²) in [5, 5.41) is 0. The first-order valence-corrected chi connectivity index (χ1v) is 12.0. The van der Waals surface area contributed by atoms with Crippen LogP contribution in [0.4, 0.5) is 0 Å². The van der Waals surface area contributed by atoms with Crippen LogP contribution in [-0.4, -0.2) is 35.1 Å². The summed E-state index contributed by atoms with van der Waals surface area (Å²) in [5.41, 5.74) is 0. The molecule has 0 amide bonds. The van der Waals surface area contributed by atoms with E-state index in [1.165, 1.54) is 57.4 Å². The van der Waals surface area contributed by atoms with Crippen LogP contribution < -0.4 is 0 Å². The second kappa shape index (κ2) is 9.78. The lowest BCUT2D eigenvalue weighted by Crippen LogP contribution is -2.54. The van der Waals surface area contributed by atoms with Gasteiger partial charge < -0.3 is 4.74 Å². The van der Waals surface area contributed by atoms with E-state index in [2.05, 4.69) is 39.2 Å². The number of carbonyl (C=O) groups excluding carboxylic acids is 1. The van der Waals surface area contributed by atoms with Gasteiger partial charge in [-0.3, -0.25) is 4.90 Å². The highest BCUT2D eigenvalue weighted by Gasteiger charge is 2.40. The third-order valence-corrected chi connectivity index (χ3v) is 8.50. The van der Waals surface area contributed by atoms with Crippen LogP contribution in [0, 0.1) is 23.7 Å². The molecule has 3 rings (SSSR count). The maximum absolute atomic E-state index is 11.6. The van der Waals surface area contributed by atoms with E-state index in [1.807, 2.05) is 0 Å². The number of hydrogen-bond donors (Lipinski definition) is 0. The lowest BCUT2D eigenvalue weighted by molar-refractivity contribution is -0.145. The van der Waals surface area contributed by atoms with Crippen molar-refractivity contribution in [1.82, 2.24) is 4.90 Å². The van der Waals surface area contributed by atoms with Crippen LogP contribution in [0.5, 0.6) is 0 Å². The van der Waals surface area contributed by atoms with Crippen LogP contribution in [0.15, 0.2) is 12.7 Å². The zero-order valence-electron chi connectivity index (χ0n) is 18.7. The van der Waals surface area contributed by atoms with Gasteiger partial charge in [-0.15, -0.1) is 0 Å². The molecule has 3 heteroatoms. The van der Waals surface area contributed by atoms with Crippen LogP contribution in [0.2, 0.25) is 0 Å². The van der Waals surface area contributed by atoms with Crippen LogP contribution in [0.3, 0.4) is 0 Å². The second-order valence-corrected chi connectivity index (χ2v) is 10.4. The van der Waals surface area contributed by atoms with Crippen molar-refractivity contribution >= 4 is 5.97 Å². The minimum Gasteiger partial charge on any atom is -0.459 e. The number of ether oxygens (including phenoxy) is 1. The van der Waals surface area contributed by atoms with Crippen molar-refractivity contribution < 1.29 is 9.53 Å². The molecule has 3 fully saturated rings. The Labute approximate surface area is 173 Å². The summed E-state index contributed by atoms with van der Waals surface area (Å²) >= 11 is 0. The number of nitrogens with zero attached hydrogens (tertiary/aromatic N) is 1. The maximum atomic E-state index is 11.6. The first-order valence-electron chi connectivity index (χ1n) is 12.0. The highest BCUT2D eigenvalue weighted by Crippen LogP contribution is 2.41. The normalized spacial score (nSPS) is 42.2. The highest BCUT2D eigenvalue weighted by molar-refractivity contribution is 5.81. The molecule has 6 atom stereocenters. The van der Waals surface area contributed by atoms with E-state index in [0.29, 0.717) is 6.04 Å². The summed E-state index contributed by atoms with van der Waals surface area (Å²) in [6.07, 6.45) is 14.0. The van der Waals surface area contributed by atoms with Crippen molar-refractivity contribution in [1.29, 1.82) is 0 Å². The quantitative estimate of drug-likeness (QED) is 0.428. The molecule has 0 aliphatic heterocycles. The van der Waals surface area contributed by atoms with E-state index < -0.39 is 0 Å². The zero-order chi connectivity index (χ0) is 20.3. The Kier molecular flexibility index (Phi) is 7.64. The van der Waals surface area contributed by atoms with Crippen molar-refractivity contribution in [3.05, 3.63) is 12.7 Å². The molecular weight excluding hydrogens is 346 g/mol. The fraction of sp³-hybridized carbons (Fsp3) is 0.880. The smallest absolute Gasteiger partial charge is 0.330 e. The Morgan fingerprint density at radius 1 is 0.750 bits per heavy atom. The molecule has 6 unspecified atom stereocenters. The second-order valence-electron chi connectivity index (χ2n) is 10.4.